The number of benzene rings is 3. The highest BCUT2D eigenvalue weighted by Crippen LogP contribution is 2.56. The van der Waals surface area contributed by atoms with Crippen LogP contribution in [0, 0.1) is 0 Å². The van der Waals surface area contributed by atoms with E-state index in [1.807, 2.05) is 60.7 Å². The fraction of sp³-hybridized carbons (Fsp3) is 0.167. The average Bonchev–Trinajstić information content (AvgIpc) is 2.85. The monoisotopic (exact) mass is 484 g/mol. The van der Waals surface area contributed by atoms with Crippen LogP contribution in [-0.4, -0.2) is 29.4 Å². The summed E-state index contributed by atoms with van der Waals surface area (Å²) in [6.45, 7) is -4.26. The van der Waals surface area contributed by atoms with Gasteiger partial charge in [0.2, 0.25) is 5.91 Å². The van der Waals surface area contributed by atoms with Crippen molar-refractivity contribution in [3.63, 3.8) is 0 Å². The zero-order valence-electron chi connectivity index (χ0n) is 17.8. The lowest BCUT2D eigenvalue weighted by molar-refractivity contribution is -0.123. The van der Waals surface area contributed by atoms with E-state index in [4.69, 9.17) is 4.52 Å². The molecule has 172 valence electrons. The van der Waals surface area contributed by atoms with Crippen LogP contribution in [0.3, 0.4) is 0 Å². The van der Waals surface area contributed by atoms with Crippen molar-refractivity contribution in [2.45, 2.75) is 18.3 Å². The predicted octanol–water partition coefficient (Wildman–Crippen LogP) is 4.15. The number of amides is 2. The summed E-state index contributed by atoms with van der Waals surface area (Å²) in [5.41, 5.74) is 2.12. The molecule has 0 heterocycles. The quantitative estimate of drug-likeness (QED) is 0.353. The predicted molar refractivity (Wildman–Crippen MR) is 129 cm³/mol. The molecule has 0 aromatic heterocycles. The molecule has 0 aliphatic carbocycles. The maximum atomic E-state index is 12.8. The Morgan fingerprint density at radius 2 is 1.42 bits per heavy atom. The second-order valence-electron chi connectivity index (χ2n) is 7.12. The molecule has 3 N–H and O–H groups in total. The molecule has 3 aromatic carbocycles. The molecule has 0 saturated carbocycles. The zero-order chi connectivity index (χ0) is 23.5. The van der Waals surface area contributed by atoms with Crippen molar-refractivity contribution >= 4 is 30.0 Å². The second-order valence-corrected chi connectivity index (χ2v) is 11.0. The lowest BCUT2D eigenvalue weighted by Crippen LogP contribution is -2.49. The molecule has 9 heteroatoms. The fourth-order valence-corrected chi connectivity index (χ4v) is 5.12. The minimum atomic E-state index is -4.06. The SMILES string of the molecule is O=C(N[C@@H](COP(=O)(O)SCc1ccccc1)C(=O)NCc1ccccc1)c1ccccc1. The molecular formula is C24H25N2O5PS. The summed E-state index contributed by atoms with van der Waals surface area (Å²) in [6.07, 6.45) is 0. The molecule has 2 amide bonds. The first kappa shape index (κ1) is 24.7. The van der Waals surface area contributed by atoms with E-state index < -0.39 is 31.3 Å². The van der Waals surface area contributed by atoms with Gasteiger partial charge in [-0.1, -0.05) is 78.9 Å². The molecular weight excluding hydrogens is 459 g/mol. The van der Waals surface area contributed by atoms with E-state index in [0.29, 0.717) is 5.56 Å². The van der Waals surface area contributed by atoms with Gasteiger partial charge in [0.1, 0.15) is 6.04 Å². The highest BCUT2D eigenvalue weighted by atomic mass is 32.7. The van der Waals surface area contributed by atoms with Crippen LogP contribution in [0.25, 0.3) is 0 Å². The number of rotatable bonds is 11. The third-order valence-corrected chi connectivity index (χ3v) is 7.56. The van der Waals surface area contributed by atoms with Crippen LogP contribution in [0.5, 0.6) is 0 Å². The van der Waals surface area contributed by atoms with Gasteiger partial charge in [-0.3, -0.25) is 14.1 Å². The van der Waals surface area contributed by atoms with E-state index in [9.17, 15) is 19.0 Å². The van der Waals surface area contributed by atoms with Crippen LogP contribution >= 0.6 is 18.2 Å². The maximum absolute atomic E-state index is 12.8. The van der Waals surface area contributed by atoms with Gasteiger partial charge in [-0.15, -0.1) is 0 Å². The molecule has 3 aromatic rings. The van der Waals surface area contributed by atoms with E-state index in [-0.39, 0.29) is 12.3 Å². The van der Waals surface area contributed by atoms with Crippen LogP contribution in [-0.2, 0) is 26.2 Å². The van der Waals surface area contributed by atoms with Crippen molar-refractivity contribution in [2.24, 2.45) is 0 Å². The Labute approximate surface area is 196 Å². The highest BCUT2D eigenvalue weighted by Gasteiger charge is 2.27. The summed E-state index contributed by atoms with van der Waals surface area (Å²) < 4.78 is 17.7. The molecule has 0 fully saturated rings. The van der Waals surface area contributed by atoms with Gasteiger partial charge in [-0.2, -0.15) is 0 Å². The van der Waals surface area contributed by atoms with Crippen LogP contribution in [0.15, 0.2) is 91.0 Å². The first-order valence-corrected chi connectivity index (χ1v) is 13.4. The molecule has 1 unspecified atom stereocenters. The lowest BCUT2D eigenvalue weighted by Gasteiger charge is -2.20. The Morgan fingerprint density at radius 3 is 2.03 bits per heavy atom. The van der Waals surface area contributed by atoms with Gasteiger partial charge >= 0.3 is 6.80 Å². The molecule has 2 atom stereocenters. The smallest absolute Gasteiger partial charge is 0.350 e. The number of carbonyl (C=O) groups is 2. The Kier molecular flexibility index (Phi) is 9.27. The summed E-state index contributed by atoms with van der Waals surface area (Å²) in [5.74, 6) is -0.726. The normalized spacial score (nSPS) is 13.5. The van der Waals surface area contributed by atoms with Gasteiger partial charge in [0.25, 0.3) is 5.91 Å². The van der Waals surface area contributed by atoms with Gasteiger partial charge in [0.05, 0.1) is 6.61 Å². The van der Waals surface area contributed by atoms with Gasteiger partial charge in [0, 0.05) is 17.9 Å². The van der Waals surface area contributed by atoms with Gasteiger partial charge in [0.15, 0.2) is 0 Å². The fourth-order valence-electron chi connectivity index (χ4n) is 2.86. The van der Waals surface area contributed by atoms with Crippen molar-refractivity contribution < 1.29 is 23.6 Å². The first-order chi connectivity index (χ1) is 15.9. The topological polar surface area (TPSA) is 105 Å². The van der Waals surface area contributed by atoms with E-state index >= 15 is 0 Å². The third kappa shape index (κ3) is 8.51. The van der Waals surface area contributed by atoms with Crippen molar-refractivity contribution in [1.29, 1.82) is 0 Å². The largest absolute Gasteiger partial charge is 0.386 e. The number of hydrogen-bond acceptors (Lipinski definition) is 5. The minimum absolute atomic E-state index is 0.247. The van der Waals surface area contributed by atoms with Crippen molar-refractivity contribution in [3.05, 3.63) is 108 Å². The molecule has 0 spiro atoms. The molecule has 7 nitrogen and oxygen atoms in total. The number of nitrogens with one attached hydrogen (secondary N) is 2. The summed E-state index contributed by atoms with van der Waals surface area (Å²) in [4.78, 5) is 35.6. The lowest BCUT2D eigenvalue weighted by atomic mass is 10.2. The minimum Gasteiger partial charge on any atom is -0.350 e. The van der Waals surface area contributed by atoms with Gasteiger partial charge in [-0.25, -0.2) is 4.57 Å². The Balaban J connectivity index is 1.62. The average molecular weight is 485 g/mol. The van der Waals surface area contributed by atoms with Crippen LogP contribution in [0.2, 0.25) is 0 Å². The maximum Gasteiger partial charge on any atom is 0.386 e. The van der Waals surface area contributed by atoms with Crippen LogP contribution in [0.1, 0.15) is 21.5 Å². The second kappa shape index (κ2) is 12.4. The van der Waals surface area contributed by atoms with E-state index in [2.05, 4.69) is 10.6 Å². The zero-order valence-corrected chi connectivity index (χ0v) is 19.5. The highest BCUT2D eigenvalue weighted by molar-refractivity contribution is 8.54. The first-order valence-electron chi connectivity index (χ1n) is 10.3. The van der Waals surface area contributed by atoms with Crippen molar-refractivity contribution in [3.8, 4) is 0 Å². The standard InChI is InChI=1S/C24H25N2O5PS/c27-23(21-14-8-3-9-15-21)26-22(24(28)25-16-19-10-4-1-5-11-19)17-31-32(29,30)33-18-20-12-6-2-7-13-20/h1-15,22H,16-18H2,(H,25,28)(H,26,27)(H,29,30)/t22-/m0/s1. The van der Waals surface area contributed by atoms with E-state index in [1.54, 1.807) is 30.3 Å². The Bertz CT molecular complexity index is 1080. The van der Waals surface area contributed by atoms with E-state index in [0.717, 1.165) is 22.5 Å². The molecule has 0 radical (unpaired) electrons. The Hall–Kier alpha value is -2.90. The van der Waals surface area contributed by atoms with Gasteiger partial charge < -0.3 is 15.5 Å². The number of carbonyl (C=O) groups excluding carboxylic acids is 2. The van der Waals surface area contributed by atoms with Crippen molar-refractivity contribution in [2.75, 3.05) is 6.61 Å². The summed E-state index contributed by atoms with van der Waals surface area (Å²) in [7, 11) is 0. The van der Waals surface area contributed by atoms with Crippen LogP contribution in [0.4, 0.5) is 0 Å². The van der Waals surface area contributed by atoms with Crippen LogP contribution < -0.4 is 10.6 Å². The third-order valence-electron chi connectivity index (χ3n) is 4.61. The van der Waals surface area contributed by atoms with Gasteiger partial charge in [-0.05, 0) is 34.6 Å². The number of hydrogen-bond donors (Lipinski definition) is 3. The van der Waals surface area contributed by atoms with E-state index in [1.165, 1.54) is 0 Å². The molecule has 0 bridgehead atoms. The summed E-state index contributed by atoms with van der Waals surface area (Å²) in [5, 5.41) is 5.34. The molecule has 0 aliphatic rings. The molecule has 0 saturated heterocycles. The molecule has 33 heavy (non-hydrogen) atoms. The summed E-state index contributed by atoms with van der Waals surface area (Å²) in [6, 6.07) is 25.8. The Morgan fingerprint density at radius 1 is 0.879 bits per heavy atom. The molecule has 0 aliphatic heterocycles. The van der Waals surface area contributed by atoms with Crippen molar-refractivity contribution in [1.82, 2.24) is 10.6 Å². The molecule has 3 rings (SSSR count). The summed E-state index contributed by atoms with van der Waals surface area (Å²) >= 11 is 0.755.